The zero-order chi connectivity index (χ0) is 21.6. The van der Waals surface area contributed by atoms with E-state index < -0.39 is 5.97 Å². The molecule has 160 valence electrons. The van der Waals surface area contributed by atoms with Crippen molar-refractivity contribution in [2.45, 2.75) is 51.8 Å². The van der Waals surface area contributed by atoms with Gasteiger partial charge in [-0.3, -0.25) is 14.5 Å². The van der Waals surface area contributed by atoms with E-state index in [0.29, 0.717) is 6.61 Å². The number of benzene rings is 1. The summed E-state index contributed by atoms with van der Waals surface area (Å²) in [6.45, 7) is 6.72. The summed E-state index contributed by atoms with van der Waals surface area (Å²) in [4.78, 5) is 25.2. The Labute approximate surface area is 176 Å². The second kappa shape index (κ2) is 7.47. The molecule has 2 aromatic rings. The van der Waals surface area contributed by atoms with Crippen LogP contribution in [0, 0.1) is 0 Å². The third-order valence-electron chi connectivity index (χ3n) is 6.09. The second-order valence-corrected chi connectivity index (χ2v) is 8.40. The van der Waals surface area contributed by atoms with Crippen molar-refractivity contribution in [2.75, 3.05) is 25.8 Å². The Kier molecular flexibility index (Phi) is 5.10. The van der Waals surface area contributed by atoms with Crippen molar-refractivity contribution in [3.63, 3.8) is 0 Å². The van der Waals surface area contributed by atoms with Crippen molar-refractivity contribution in [1.82, 2.24) is 4.68 Å². The summed E-state index contributed by atoms with van der Waals surface area (Å²) in [7, 11) is 3.30. The highest BCUT2D eigenvalue weighted by Gasteiger charge is 2.45. The molecule has 1 aromatic carbocycles. The standard InChI is InChI=1S/C23H28N2O5/c1-6-30-22(27)17-12-24-19(11-20(17)26)15-9-14(13-28-4)21(29-5)10-16(15)18-7-8-23(2,3)25(18)24/h9-12,18H,6-8,13H2,1-5H3/t18-/m1/s1. The molecular formula is C23H28N2O5. The Hall–Kier alpha value is -2.80. The Morgan fingerprint density at radius 1 is 1.23 bits per heavy atom. The van der Waals surface area contributed by atoms with Gasteiger partial charge in [-0.1, -0.05) is 0 Å². The molecular weight excluding hydrogens is 384 g/mol. The van der Waals surface area contributed by atoms with Gasteiger partial charge >= 0.3 is 5.97 Å². The van der Waals surface area contributed by atoms with E-state index in [1.165, 1.54) is 0 Å². The summed E-state index contributed by atoms with van der Waals surface area (Å²) in [5, 5.41) is 2.27. The zero-order valence-corrected chi connectivity index (χ0v) is 18.2. The first-order chi connectivity index (χ1) is 14.3. The first-order valence-corrected chi connectivity index (χ1v) is 10.3. The summed E-state index contributed by atoms with van der Waals surface area (Å²) in [5.41, 5.74) is 3.33. The van der Waals surface area contributed by atoms with Crippen LogP contribution in [0.1, 0.15) is 61.1 Å². The predicted octanol–water partition coefficient (Wildman–Crippen LogP) is 3.41. The van der Waals surface area contributed by atoms with Crippen LogP contribution in [-0.2, 0) is 16.1 Å². The van der Waals surface area contributed by atoms with Gasteiger partial charge < -0.3 is 14.2 Å². The molecule has 0 radical (unpaired) electrons. The van der Waals surface area contributed by atoms with Crippen LogP contribution in [-0.4, -0.2) is 37.0 Å². The molecule has 0 amide bonds. The lowest BCUT2D eigenvalue weighted by atomic mass is 9.92. The van der Waals surface area contributed by atoms with E-state index in [-0.39, 0.29) is 29.2 Å². The molecule has 0 unspecified atom stereocenters. The minimum Gasteiger partial charge on any atom is -0.496 e. The predicted molar refractivity (Wildman–Crippen MR) is 114 cm³/mol. The van der Waals surface area contributed by atoms with Crippen LogP contribution in [0.4, 0.5) is 0 Å². The number of hydrogen-bond acceptors (Lipinski definition) is 6. The molecule has 3 heterocycles. The number of hydrogen-bond donors (Lipinski definition) is 0. The van der Waals surface area contributed by atoms with Crippen LogP contribution in [0.15, 0.2) is 29.2 Å². The van der Waals surface area contributed by atoms with Gasteiger partial charge in [0, 0.05) is 30.5 Å². The monoisotopic (exact) mass is 412 g/mol. The van der Waals surface area contributed by atoms with Crippen LogP contribution >= 0.6 is 0 Å². The fraction of sp³-hybridized carbons (Fsp3) is 0.478. The number of nitrogens with zero attached hydrogens (tertiary/aromatic N) is 2. The van der Waals surface area contributed by atoms with Crippen LogP contribution in [0.2, 0.25) is 0 Å². The van der Waals surface area contributed by atoms with Crippen molar-refractivity contribution in [2.24, 2.45) is 0 Å². The van der Waals surface area contributed by atoms with Crippen molar-refractivity contribution in [1.29, 1.82) is 0 Å². The molecule has 0 aliphatic carbocycles. The van der Waals surface area contributed by atoms with Crippen molar-refractivity contribution in [3.8, 4) is 17.0 Å². The van der Waals surface area contributed by atoms with Crippen molar-refractivity contribution in [3.05, 3.63) is 51.3 Å². The molecule has 0 spiro atoms. The van der Waals surface area contributed by atoms with Crippen LogP contribution in [0.25, 0.3) is 11.3 Å². The average molecular weight is 412 g/mol. The molecule has 0 bridgehead atoms. The zero-order valence-electron chi connectivity index (χ0n) is 18.2. The highest BCUT2D eigenvalue weighted by Crippen LogP contribution is 2.49. The van der Waals surface area contributed by atoms with E-state index in [1.54, 1.807) is 33.4 Å². The van der Waals surface area contributed by atoms with Crippen LogP contribution in [0.3, 0.4) is 0 Å². The van der Waals surface area contributed by atoms with E-state index in [0.717, 1.165) is 41.0 Å². The number of rotatable bonds is 5. The Morgan fingerprint density at radius 3 is 2.67 bits per heavy atom. The first-order valence-electron chi connectivity index (χ1n) is 10.3. The molecule has 1 aromatic heterocycles. The maximum absolute atomic E-state index is 12.8. The van der Waals surface area contributed by atoms with E-state index in [1.807, 2.05) is 10.7 Å². The quantitative estimate of drug-likeness (QED) is 0.701. The summed E-state index contributed by atoms with van der Waals surface area (Å²) in [6, 6.07) is 5.76. The van der Waals surface area contributed by atoms with E-state index in [9.17, 15) is 9.59 Å². The van der Waals surface area contributed by atoms with E-state index in [4.69, 9.17) is 14.2 Å². The number of pyridine rings is 1. The van der Waals surface area contributed by atoms with Gasteiger partial charge in [0.05, 0.1) is 37.6 Å². The van der Waals surface area contributed by atoms with Gasteiger partial charge in [-0.25, -0.2) is 4.79 Å². The van der Waals surface area contributed by atoms with Crippen molar-refractivity contribution < 1.29 is 19.0 Å². The van der Waals surface area contributed by atoms with Gasteiger partial charge in [-0.15, -0.1) is 0 Å². The number of ether oxygens (including phenoxy) is 3. The van der Waals surface area contributed by atoms with Gasteiger partial charge in [0.1, 0.15) is 11.3 Å². The number of carbonyl (C=O) groups is 1. The minimum absolute atomic E-state index is 0.0520. The normalized spacial score (nSPS) is 18.4. The molecule has 2 aliphatic heterocycles. The van der Waals surface area contributed by atoms with Crippen LogP contribution in [0.5, 0.6) is 5.75 Å². The highest BCUT2D eigenvalue weighted by molar-refractivity contribution is 5.89. The third kappa shape index (κ3) is 3.08. The maximum atomic E-state index is 12.8. The topological polar surface area (TPSA) is 70.0 Å². The van der Waals surface area contributed by atoms with Gasteiger partial charge in [0.25, 0.3) is 0 Å². The van der Waals surface area contributed by atoms with Gasteiger partial charge in [0.15, 0.2) is 5.43 Å². The third-order valence-corrected chi connectivity index (χ3v) is 6.09. The smallest absolute Gasteiger partial charge is 0.343 e. The fourth-order valence-electron chi connectivity index (χ4n) is 4.74. The van der Waals surface area contributed by atoms with E-state index in [2.05, 4.69) is 24.9 Å². The molecule has 1 fully saturated rings. The largest absolute Gasteiger partial charge is 0.496 e. The second-order valence-electron chi connectivity index (χ2n) is 8.40. The molecule has 0 N–H and O–H groups in total. The molecule has 30 heavy (non-hydrogen) atoms. The first kappa shape index (κ1) is 20.5. The Balaban J connectivity index is 1.99. The summed E-state index contributed by atoms with van der Waals surface area (Å²) >= 11 is 0. The lowest BCUT2D eigenvalue weighted by Crippen LogP contribution is -2.50. The minimum atomic E-state index is -0.591. The molecule has 7 nitrogen and oxygen atoms in total. The molecule has 2 aliphatic rings. The highest BCUT2D eigenvalue weighted by atomic mass is 16.5. The van der Waals surface area contributed by atoms with E-state index >= 15 is 0 Å². The molecule has 7 heteroatoms. The summed E-state index contributed by atoms with van der Waals surface area (Å²) < 4.78 is 18.1. The fourth-order valence-corrected chi connectivity index (χ4v) is 4.74. The number of methoxy groups -OCH3 is 2. The maximum Gasteiger partial charge on any atom is 0.343 e. The number of fused-ring (bicyclic) bond motifs is 6. The number of aromatic nitrogens is 1. The SMILES string of the molecule is CCOC(=O)c1cn2c(cc1=O)-c1cc(COC)c(OC)cc1[C@H]1CCC(C)(C)N12. The molecule has 0 saturated carbocycles. The van der Waals surface area contributed by atoms with Crippen molar-refractivity contribution >= 4 is 5.97 Å². The lowest BCUT2D eigenvalue weighted by molar-refractivity contribution is 0.0523. The van der Waals surface area contributed by atoms with Gasteiger partial charge in [0.2, 0.25) is 0 Å². The Bertz CT molecular complexity index is 1060. The number of esters is 1. The molecule has 1 saturated heterocycles. The molecule has 4 rings (SSSR count). The number of carbonyl (C=O) groups excluding carboxylic acids is 1. The average Bonchev–Trinajstić information content (AvgIpc) is 3.03. The molecule has 1 atom stereocenters. The summed E-state index contributed by atoms with van der Waals surface area (Å²) in [6.07, 6.45) is 3.59. The van der Waals surface area contributed by atoms with Gasteiger partial charge in [-0.2, -0.15) is 0 Å². The summed E-state index contributed by atoms with van der Waals surface area (Å²) in [5.74, 6) is 0.186. The van der Waals surface area contributed by atoms with Gasteiger partial charge in [-0.05, 0) is 51.3 Å². The van der Waals surface area contributed by atoms with Crippen LogP contribution < -0.4 is 15.2 Å². The Morgan fingerprint density at radius 2 is 2.00 bits per heavy atom. The lowest BCUT2D eigenvalue weighted by Gasteiger charge is -2.44.